The Morgan fingerprint density at radius 2 is 1.82 bits per heavy atom. The number of nitrogens with zero attached hydrogens (tertiary/aromatic N) is 3. The lowest BCUT2D eigenvalue weighted by atomic mass is 10.1. The Kier molecular flexibility index (Phi) is 7.29. The van der Waals surface area contributed by atoms with Crippen LogP contribution in [0.3, 0.4) is 0 Å². The van der Waals surface area contributed by atoms with E-state index in [0.717, 1.165) is 35.5 Å². The average Bonchev–Trinajstić information content (AvgIpc) is 3.42. The lowest BCUT2D eigenvalue weighted by Gasteiger charge is -2.10. The Labute approximate surface area is 198 Å². The summed E-state index contributed by atoms with van der Waals surface area (Å²) in [6, 6.07) is 19.9. The predicted molar refractivity (Wildman–Crippen MR) is 130 cm³/mol. The predicted octanol–water partition coefficient (Wildman–Crippen LogP) is 5.77. The molecule has 0 aliphatic carbocycles. The first-order valence-electron chi connectivity index (χ1n) is 11.0. The molecule has 2 aromatic heterocycles. The molecule has 0 fully saturated rings. The molecule has 2 heterocycles. The number of hydrogen-bond acceptors (Lipinski definition) is 6. The molecule has 0 bridgehead atoms. The number of para-hydroxylation sites is 1. The van der Waals surface area contributed by atoms with Crippen LogP contribution < -0.4 is 4.74 Å². The van der Waals surface area contributed by atoms with Crippen LogP contribution in [0.5, 0.6) is 5.75 Å². The first-order valence-corrected chi connectivity index (χ1v) is 12.0. The van der Waals surface area contributed by atoms with Crippen molar-refractivity contribution in [3.8, 4) is 17.2 Å². The van der Waals surface area contributed by atoms with Crippen LogP contribution in [0.2, 0.25) is 0 Å². The highest BCUT2D eigenvalue weighted by Gasteiger charge is 2.18. The molecule has 4 rings (SSSR count). The zero-order valence-electron chi connectivity index (χ0n) is 19.1. The van der Waals surface area contributed by atoms with Crippen molar-refractivity contribution in [1.82, 2.24) is 14.8 Å². The van der Waals surface area contributed by atoms with Crippen LogP contribution in [0.15, 0.2) is 70.3 Å². The second-order valence-corrected chi connectivity index (χ2v) is 8.61. The molecule has 170 valence electrons. The molecule has 0 radical (unpaired) electrons. The molecule has 7 heteroatoms. The van der Waals surface area contributed by atoms with E-state index in [0.29, 0.717) is 23.5 Å². The van der Waals surface area contributed by atoms with Crippen LogP contribution in [0.4, 0.5) is 0 Å². The topological polar surface area (TPSA) is 70.2 Å². The summed E-state index contributed by atoms with van der Waals surface area (Å²) in [5, 5.41) is 8.60. The van der Waals surface area contributed by atoms with E-state index < -0.39 is 0 Å². The zero-order valence-corrected chi connectivity index (χ0v) is 19.9. The second-order valence-electron chi connectivity index (χ2n) is 7.69. The highest BCUT2D eigenvalue weighted by molar-refractivity contribution is 7.99. The molecule has 0 saturated carbocycles. The van der Waals surface area contributed by atoms with E-state index in [1.165, 1.54) is 17.3 Å². The molecular weight excluding hydrogens is 434 g/mol. The van der Waals surface area contributed by atoms with Gasteiger partial charge in [-0.3, -0.25) is 4.79 Å². The fourth-order valence-corrected chi connectivity index (χ4v) is 4.47. The molecule has 33 heavy (non-hydrogen) atoms. The van der Waals surface area contributed by atoms with E-state index >= 15 is 0 Å². The van der Waals surface area contributed by atoms with Gasteiger partial charge in [-0.05, 0) is 51.0 Å². The third kappa shape index (κ3) is 5.37. The number of rotatable bonds is 10. The maximum absolute atomic E-state index is 13.0. The second kappa shape index (κ2) is 10.5. The van der Waals surface area contributed by atoms with Crippen molar-refractivity contribution < 1.29 is 13.9 Å². The molecule has 4 aromatic rings. The summed E-state index contributed by atoms with van der Waals surface area (Å²) in [6.45, 7) is 7.36. The molecule has 0 atom stereocenters. The summed E-state index contributed by atoms with van der Waals surface area (Å²) in [5.41, 5.74) is 4.85. The first-order chi connectivity index (χ1) is 16.1. The molecule has 2 aromatic carbocycles. The molecule has 0 unspecified atom stereocenters. The third-order valence-electron chi connectivity index (χ3n) is 5.49. The van der Waals surface area contributed by atoms with Crippen LogP contribution in [-0.2, 0) is 13.0 Å². The number of benzene rings is 2. The molecule has 0 N–H and O–H groups in total. The number of ether oxygens (including phenoxy) is 1. The molecule has 6 nitrogen and oxygen atoms in total. The van der Waals surface area contributed by atoms with Crippen LogP contribution in [0.25, 0.3) is 11.5 Å². The maximum Gasteiger partial charge on any atom is 0.277 e. The molecule has 0 amide bonds. The van der Waals surface area contributed by atoms with Gasteiger partial charge in [0.2, 0.25) is 0 Å². The molecule has 0 saturated heterocycles. The minimum atomic E-state index is 0.0496. The van der Waals surface area contributed by atoms with Crippen LogP contribution in [0.1, 0.15) is 34.2 Å². The van der Waals surface area contributed by atoms with Crippen LogP contribution >= 0.6 is 11.8 Å². The first kappa shape index (κ1) is 22.9. The van der Waals surface area contributed by atoms with Gasteiger partial charge in [0.1, 0.15) is 5.75 Å². The standard InChI is InChI=1S/C26H27N3O3S/c1-4-31-24-13-9-8-12-21(24)25-27-28-26(32-25)33-17-23(30)22-16-18(2)29(19(22)3)15-14-20-10-6-5-7-11-20/h5-13,16H,4,14-15,17H2,1-3H3. The van der Waals surface area contributed by atoms with Gasteiger partial charge in [-0.1, -0.05) is 54.2 Å². The molecular formula is C26H27N3O3S. The normalized spacial score (nSPS) is 11.0. The van der Waals surface area contributed by atoms with E-state index in [4.69, 9.17) is 9.15 Å². The average molecular weight is 462 g/mol. The van der Waals surface area contributed by atoms with E-state index in [9.17, 15) is 4.79 Å². The fourth-order valence-electron chi connectivity index (χ4n) is 3.82. The summed E-state index contributed by atoms with van der Waals surface area (Å²) in [4.78, 5) is 13.0. The van der Waals surface area contributed by atoms with Gasteiger partial charge in [0.15, 0.2) is 5.78 Å². The van der Waals surface area contributed by atoms with Crippen molar-refractivity contribution in [2.45, 2.75) is 39.0 Å². The Balaban J connectivity index is 1.41. The summed E-state index contributed by atoms with van der Waals surface area (Å²) >= 11 is 1.25. The number of Topliss-reactive ketones (excluding diaryl/α,β-unsaturated/α-hetero) is 1. The molecule has 0 spiro atoms. The Morgan fingerprint density at radius 3 is 2.61 bits per heavy atom. The summed E-state index contributed by atoms with van der Waals surface area (Å²) in [7, 11) is 0. The quantitative estimate of drug-likeness (QED) is 0.220. The lowest BCUT2D eigenvalue weighted by molar-refractivity contribution is 0.102. The van der Waals surface area contributed by atoms with Gasteiger partial charge in [0.05, 0.1) is 17.9 Å². The fraction of sp³-hybridized carbons (Fsp3) is 0.269. The Hall–Kier alpha value is -3.32. The van der Waals surface area contributed by atoms with Gasteiger partial charge in [-0.2, -0.15) is 0 Å². The van der Waals surface area contributed by atoms with Gasteiger partial charge in [0, 0.05) is 23.5 Å². The number of carbonyl (C=O) groups excluding carboxylic acids is 1. The number of hydrogen-bond donors (Lipinski definition) is 0. The van der Waals surface area contributed by atoms with E-state index in [1.54, 1.807) is 0 Å². The number of aryl methyl sites for hydroxylation is 2. The molecule has 0 aliphatic heterocycles. The van der Waals surface area contributed by atoms with E-state index in [2.05, 4.69) is 39.0 Å². The largest absolute Gasteiger partial charge is 0.493 e. The van der Waals surface area contributed by atoms with Gasteiger partial charge in [0.25, 0.3) is 11.1 Å². The van der Waals surface area contributed by atoms with Crippen molar-refractivity contribution in [2.24, 2.45) is 0 Å². The van der Waals surface area contributed by atoms with Gasteiger partial charge in [-0.15, -0.1) is 10.2 Å². The third-order valence-corrected chi connectivity index (χ3v) is 6.31. The molecule has 0 aliphatic rings. The Morgan fingerprint density at radius 1 is 1.06 bits per heavy atom. The van der Waals surface area contributed by atoms with Crippen molar-refractivity contribution in [2.75, 3.05) is 12.4 Å². The van der Waals surface area contributed by atoms with Gasteiger partial charge < -0.3 is 13.7 Å². The summed E-state index contributed by atoms with van der Waals surface area (Å²) < 4.78 is 13.6. The van der Waals surface area contributed by atoms with Crippen LogP contribution in [-0.4, -0.2) is 32.9 Å². The number of carbonyl (C=O) groups is 1. The van der Waals surface area contributed by atoms with E-state index in [-0.39, 0.29) is 11.5 Å². The SMILES string of the molecule is CCOc1ccccc1-c1nnc(SCC(=O)c2cc(C)n(CCc3ccccc3)c2C)o1. The zero-order chi connectivity index (χ0) is 23.2. The van der Waals surface area contributed by atoms with Crippen LogP contribution in [0, 0.1) is 13.8 Å². The highest BCUT2D eigenvalue weighted by atomic mass is 32.2. The van der Waals surface area contributed by atoms with Gasteiger partial charge in [-0.25, -0.2) is 0 Å². The minimum Gasteiger partial charge on any atom is -0.493 e. The van der Waals surface area contributed by atoms with Gasteiger partial charge >= 0.3 is 0 Å². The highest BCUT2D eigenvalue weighted by Crippen LogP contribution is 2.31. The number of ketones is 1. The minimum absolute atomic E-state index is 0.0496. The summed E-state index contributed by atoms with van der Waals surface area (Å²) in [6.07, 6.45) is 0.924. The lowest BCUT2D eigenvalue weighted by Crippen LogP contribution is -2.08. The Bertz CT molecular complexity index is 1230. The van der Waals surface area contributed by atoms with Crippen molar-refractivity contribution in [3.05, 3.63) is 83.2 Å². The number of aromatic nitrogens is 3. The van der Waals surface area contributed by atoms with E-state index in [1.807, 2.05) is 57.2 Å². The van der Waals surface area contributed by atoms with Crippen molar-refractivity contribution in [3.63, 3.8) is 0 Å². The number of thioether (sulfide) groups is 1. The smallest absolute Gasteiger partial charge is 0.277 e. The summed E-state index contributed by atoms with van der Waals surface area (Å²) in [5.74, 6) is 1.36. The van der Waals surface area contributed by atoms with Crippen molar-refractivity contribution in [1.29, 1.82) is 0 Å². The van der Waals surface area contributed by atoms with Crippen molar-refractivity contribution >= 4 is 17.5 Å². The monoisotopic (exact) mass is 461 g/mol. The maximum atomic E-state index is 13.0.